The molecule has 4 rings (SSSR count). The van der Waals surface area contributed by atoms with Gasteiger partial charge in [-0.25, -0.2) is 0 Å². The van der Waals surface area contributed by atoms with Gasteiger partial charge in [0.1, 0.15) is 0 Å². The molecule has 3 aromatic carbocycles. The number of nitrogens with zero attached hydrogens (tertiary/aromatic N) is 1. The van der Waals surface area contributed by atoms with E-state index in [4.69, 9.17) is 4.74 Å². The lowest BCUT2D eigenvalue weighted by atomic mass is 10.1. The van der Waals surface area contributed by atoms with Crippen LogP contribution in [0.1, 0.15) is 11.1 Å². The summed E-state index contributed by atoms with van der Waals surface area (Å²) in [5, 5.41) is 0. The first-order chi connectivity index (χ1) is 11.1. The average molecular weight is 366 g/mol. The molecule has 0 atom stereocenters. The van der Waals surface area contributed by atoms with Crippen molar-refractivity contribution in [2.45, 2.75) is 13.8 Å². The van der Waals surface area contributed by atoms with Crippen LogP contribution in [0.5, 0.6) is 11.5 Å². The minimum absolute atomic E-state index is 0.879. The summed E-state index contributed by atoms with van der Waals surface area (Å²) in [7, 11) is 0. The van der Waals surface area contributed by atoms with E-state index in [-0.39, 0.29) is 0 Å². The maximum atomic E-state index is 6.06. The third kappa shape index (κ3) is 2.32. The highest BCUT2D eigenvalue weighted by molar-refractivity contribution is 9.10. The first-order valence-corrected chi connectivity index (χ1v) is 8.37. The SMILES string of the molecule is Cc1cc(N2c3ccccc3Oc3ccccc32)cc(C)c1Br. The molecule has 0 amide bonds. The summed E-state index contributed by atoms with van der Waals surface area (Å²) in [4.78, 5) is 2.26. The Hall–Kier alpha value is -2.26. The second-order valence-corrected chi connectivity index (χ2v) is 6.56. The molecule has 0 saturated carbocycles. The quantitative estimate of drug-likeness (QED) is 0.374. The molecule has 0 fully saturated rings. The molecule has 114 valence electrons. The van der Waals surface area contributed by atoms with Gasteiger partial charge in [0.2, 0.25) is 0 Å². The Labute approximate surface area is 144 Å². The molecule has 1 aliphatic heterocycles. The number of aryl methyl sites for hydroxylation is 2. The Morgan fingerprint density at radius 3 is 1.78 bits per heavy atom. The molecule has 0 bridgehead atoms. The zero-order valence-corrected chi connectivity index (χ0v) is 14.6. The predicted octanol–water partition coefficient (Wildman–Crippen LogP) is 6.64. The fourth-order valence-electron chi connectivity index (χ4n) is 3.03. The van der Waals surface area contributed by atoms with Gasteiger partial charge in [-0.2, -0.15) is 0 Å². The fraction of sp³-hybridized carbons (Fsp3) is 0.100. The van der Waals surface area contributed by atoms with Crippen molar-refractivity contribution in [2.24, 2.45) is 0 Å². The highest BCUT2D eigenvalue weighted by atomic mass is 79.9. The predicted molar refractivity (Wildman–Crippen MR) is 98.4 cm³/mol. The second-order valence-electron chi connectivity index (χ2n) is 5.77. The zero-order chi connectivity index (χ0) is 16.0. The normalized spacial score (nSPS) is 12.4. The molecule has 1 heterocycles. The van der Waals surface area contributed by atoms with Crippen molar-refractivity contribution in [3.8, 4) is 11.5 Å². The van der Waals surface area contributed by atoms with E-state index in [0.717, 1.165) is 33.0 Å². The fourth-order valence-corrected chi connectivity index (χ4v) is 3.26. The van der Waals surface area contributed by atoms with Gasteiger partial charge in [-0.3, -0.25) is 0 Å². The van der Waals surface area contributed by atoms with Crippen molar-refractivity contribution in [3.05, 3.63) is 76.3 Å². The monoisotopic (exact) mass is 365 g/mol. The van der Waals surface area contributed by atoms with E-state index in [9.17, 15) is 0 Å². The molecule has 2 nitrogen and oxygen atoms in total. The molecule has 23 heavy (non-hydrogen) atoms. The summed E-state index contributed by atoms with van der Waals surface area (Å²) in [5.41, 5.74) is 5.72. The van der Waals surface area contributed by atoms with Crippen LogP contribution in [0, 0.1) is 13.8 Å². The Morgan fingerprint density at radius 1 is 0.783 bits per heavy atom. The van der Waals surface area contributed by atoms with Crippen molar-refractivity contribution in [2.75, 3.05) is 4.90 Å². The maximum Gasteiger partial charge on any atom is 0.151 e. The average Bonchev–Trinajstić information content (AvgIpc) is 2.57. The van der Waals surface area contributed by atoms with Crippen LogP contribution in [-0.4, -0.2) is 0 Å². The Morgan fingerprint density at radius 2 is 1.26 bits per heavy atom. The topological polar surface area (TPSA) is 12.5 Å². The minimum Gasteiger partial charge on any atom is -0.453 e. The first-order valence-electron chi connectivity index (χ1n) is 7.58. The molecule has 3 aromatic rings. The third-order valence-corrected chi connectivity index (χ3v) is 5.36. The van der Waals surface area contributed by atoms with Crippen LogP contribution >= 0.6 is 15.9 Å². The molecule has 3 heteroatoms. The molecule has 1 aliphatic rings. The first kappa shape index (κ1) is 14.3. The smallest absolute Gasteiger partial charge is 0.151 e. The summed E-state index contributed by atoms with van der Waals surface area (Å²) >= 11 is 3.66. The Kier molecular flexibility index (Phi) is 3.38. The van der Waals surface area contributed by atoms with Crippen molar-refractivity contribution >= 4 is 33.0 Å². The van der Waals surface area contributed by atoms with Gasteiger partial charge in [-0.15, -0.1) is 0 Å². The number of anilines is 3. The summed E-state index contributed by atoms with van der Waals surface area (Å²) in [6, 6.07) is 20.7. The van der Waals surface area contributed by atoms with E-state index in [1.54, 1.807) is 0 Å². The van der Waals surface area contributed by atoms with Gasteiger partial charge in [0.05, 0.1) is 11.4 Å². The highest BCUT2D eigenvalue weighted by Gasteiger charge is 2.25. The van der Waals surface area contributed by atoms with Gasteiger partial charge in [0.15, 0.2) is 11.5 Å². The lowest BCUT2D eigenvalue weighted by Crippen LogP contribution is -2.16. The number of fused-ring (bicyclic) bond motifs is 2. The summed E-state index contributed by atoms with van der Waals surface area (Å²) in [6.07, 6.45) is 0. The standard InChI is InChI=1S/C20H16BrNO/c1-13-11-15(12-14(2)20(13)21)22-16-7-3-5-9-18(16)23-19-10-6-4-8-17(19)22/h3-12H,1-2H3. The molecular formula is C20H16BrNO. The molecule has 0 aliphatic carbocycles. The van der Waals surface area contributed by atoms with Crippen molar-refractivity contribution in [3.63, 3.8) is 0 Å². The molecule has 0 N–H and O–H groups in total. The van der Waals surface area contributed by atoms with Gasteiger partial charge < -0.3 is 9.64 Å². The van der Waals surface area contributed by atoms with Crippen LogP contribution in [0.25, 0.3) is 0 Å². The van der Waals surface area contributed by atoms with E-state index in [0.29, 0.717) is 0 Å². The molecule has 0 aromatic heterocycles. The molecule has 0 saturated heterocycles. The summed E-state index contributed by atoms with van der Waals surface area (Å²) < 4.78 is 7.23. The minimum atomic E-state index is 0.879. The van der Waals surface area contributed by atoms with Gasteiger partial charge in [0.25, 0.3) is 0 Å². The number of hydrogen-bond donors (Lipinski definition) is 0. The van der Waals surface area contributed by atoms with Gasteiger partial charge in [-0.05, 0) is 61.4 Å². The van der Waals surface area contributed by atoms with Crippen LogP contribution in [0.2, 0.25) is 0 Å². The zero-order valence-electron chi connectivity index (χ0n) is 13.0. The van der Waals surface area contributed by atoms with Gasteiger partial charge in [0, 0.05) is 10.2 Å². The molecule has 0 spiro atoms. The van der Waals surface area contributed by atoms with E-state index in [1.165, 1.54) is 11.1 Å². The van der Waals surface area contributed by atoms with Crippen LogP contribution in [0.4, 0.5) is 17.1 Å². The number of para-hydroxylation sites is 4. The number of halogens is 1. The number of rotatable bonds is 1. The summed E-state index contributed by atoms with van der Waals surface area (Å²) in [5.74, 6) is 1.76. The van der Waals surface area contributed by atoms with E-state index < -0.39 is 0 Å². The van der Waals surface area contributed by atoms with Crippen molar-refractivity contribution in [1.82, 2.24) is 0 Å². The summed E-state index contributed by atoms with van der Waals surface area (Å²) in [6.45, 7) is 4.25. The van der Waals surface area contributed by atoms with E-state index in [2.05, 4.69) is 58.9 Å². The van der Waals surface area contributed by atoms with Crippen molar-refractivity contribution < 1.29 is 4.74 Å². The molecule has 0 unspecified atom stereocenters. The number of ether oxygens (including phenoxy) is 1. The Bertz CT molecular complexity index is 835. The lowest BCUT2D eigenvalue weighted by molar-refractivity contribution is 0.477. The number of hydrogen-bond acceptors (Lipinski definition) is 2. The van der Waals surface area contributed by atoms with Crippen LogP contribution in [0.15, 0.2) is 65.1 Å². The molecule has 0 radical (unpaired) electrons. The Balaban J connectivity index is 1.98. The maximum absolute atomic E-state index is 6.06. The van der Waals surface area contributed by atoms with E-state index in [1.807, 2.05) is 36.4 Å². The third-order valence-electron chi connectivity index (χ3n) is 4.11. The van der Waals surface area contributed by atoms with E-state index >= 15 is 0 Å². The second kappa shape index (κ2) is 5.43. The highest BCUT2D eigenvalue weighted by Crippen LogP contribution is 2.50. The van der Waals surface area contributed by atoms with Crippen molar-refractivity contribution in [1.29, 1.82) is 0 Å². The lowest BCUT2D eigenvalue weighted by Gasteiger charge is -2.33. The largest absolute Gasteiger partial charge is 0.453 e. The van der Waals surface area contributed by atoms with Gasteiger partial charge in [-0.1, -0.05) is 40.2 Å². The van der Waals surface area contributed by atoms with Crippen LogP contribution < -0.4 is 9.64 Å². The van der Waals surface area contributed by atoms with Crippen LogP contribution in [0.3, 0.4) is 0 Å². The number of benzene rings is 3. The van der Waals surface area contributed by atoms with Gasteiger partial charge >= 0.3 is 0 Å². The van der Waals surface area contributed by atoms with Crippen LogP contribution in [-0.2, 0) is 0 Å². The molecular weight excluding hydrogens is 350 g/mol.